The summed E-state index contributed by atoms with van der Waals surface area (Å²) in [6.45, 7) is 2.35. The molecule has 3 heterocycles. The monoisotopic (exact) mass is 350 g/mol. The van der Waals surface area contributed by atoms with Crippen LogP contribution in [0.3, 0.4) is 0 Å². The molecule has 0 aromatic carbocycles. The van der Waals surface area contributed by atoms with Gasteiger partial charge in [-0.3, -0.25) is 14.5 Å². The van der Waals surface area contributed by atoms with E-state index in [9.17, 15) is 4.79 Å². The molecule has 0 aliphatic heterocycles. The number of aromatic amines is 1. The number of carbonyl (C=O) groups is 1. The lowest BCUT2D eigenvalue weighted by Gasteiger charge is -2.14. The van der Waals surface area contributed by atoms with E-state index in [4.69, 9.17) is 12.2 Å². The Bertz CT molecular complexity index is 802. The average Bonchev–Trinajstić information content (AvgIpc) is 3.25. The molecule has 0 radical (unpaired) electrons. The largest absolute Gasteiger partial charge is 0.349 e. The van der Waals surface area contributed by atoms with Gasteiger partial charge in [0.1, 0.15) is 6.04 Å². The highest BCUT2D eigenvalue weighted by Gasteiger charge is 2.21. The van der Waals surface area contributed by atoms with Crippen molar-refractivity contribution in [2.24, 2.45) is 0 Å². The molecule has 1 amide bonds. The Morgan fingerprint density at radius 2 is 2.18 bits per heavy atom. The summed E-state index contributed by atoms with van der Waals surface area (Å²) in [6, 6.07) is 7.45. The number of carbonyl (C=O) groups excluding carboxylic acids is 1. The van der Waals surface area contributed by atoms with Crippen molar-refractivity contribution in [3.05, 3.63) is 44.7 Å². The Morgan fingerprint density at radius 1 is 1.41 bits per heavy atom. The highest BCUT2D eigenvalue weighted by atomic mass is 32.1. The van der Waals surface area contributed by atoms with Gasteiger partial charge in [-0.15, -0.1) is 22.7 Å². The normalized spacial score (nSPS) is 12.2. The van der Waals surface area contributed by atoms with Crippen LogP contribution in [0.2, 0.25) is 0 Å². The smallest absolute Gasteiger partial charge is 0.243 e. The molecular formula is C14H14N4OS3. The van der Waals surface area contributed by atoms with Crippen molar-refractivity contribution in [2.75, 3.05) is 0 Å². The molecule has 0 fully saturated rings. The maximum atomic E-state index is 12.4. The van der Waals surface area contributed by atoms with Crippen molar-refractivity contribution >= 4 is 40.8 Å². The number of nitrogens with zero attached hydrogens (tertiary/aromatic N) is 2. The average molecular weight is 350 g/mol. The molecule has 0 aliphatic rings. The van der Waals surface area contributed by atoms with Crippen molar-refractivity contribution in [3.8, 4) is 10.7 Å². The van der Waals surface area contributed by atoms with E-state index in [1.54, 1.807) is 27.2 Å². The summed E-state index contributed by atoms with van der Waals surface area (Å²) < 4.78 is 2.20. The summed E-state index contributed by atoms with van der Waals surface area (Å²) in [5.41, 5.74) is 0. The van der Waals surface area contributed by atoms with Crippen LogP contribution >= 0.6 is 34.9 Å². The second-order valence-electron chi connectivity index (χ2n) is 4.67. The standard InChI is InChI=1S/C14H14N4OS3/c1-9(13(19)15-8-10-4-2-6-21-10)18-12(16-17-14(18)20)11-5-3-7-22-11/h2-7,9H,8H2,1H3,(H,15,19)(H,17,20)/t9-/m0/s1. The zero-order valence-electron chi connectivity index (χ0n) is 11.8. The first kappa shape index (κ1) is 15.1. The van der Waals surface area contributed by atoms with Gasteiger partial charge >= 0.3 is 0 Å². The molecule has 22 heavy (non-hydrogen) atoms. The number of H-pyrrole nitrogens is 1. The van der Waals surface area contributed by atoms with Gasteiger partial charge in [0.15, 0.2) is 10.6 Å². The van der Waals surface area contributed by atoms with Crippen LogP contribution in [0.25, 0.3) is 10.7 Å². The van der Waals surface area contributed by atoms with E-state index in [1.807, 2.05) is 41.9 Å². The van der Waals surface area contributed by atoms with Crippen molar-refractivity contribution in [1.82, 2.24) is 20.1 Å². The van der Waals surface area contributed by atoms with Crippen molar-refractivity contribution < 1.29 is 4.79 Å². The van der Waals surface area contributed by atoms with Crippen LogP contribution in [-0.2, 0) is 11.3 Å². The van der Waals surface area contributed by atoms with Crippen LogP contribution in [0.5, 0.6) is 0 Å². The number of hydrogen-bond acceptors (Lipinski definition) is 5. The minimum atomic E-state index is -0.427. The van der Waals surface area contributed by atoms with E-state index in [0.29, 0.717) is 17.1 Å². The number of aromatic nitrogens is 3. The van der Waals surface area contributed by atoms with E-state index in [1.165, 1.54) is 0 Å². The summed E-state index contributed by atoms with van der Waals surface area (Å²) >= 11 is 8.46. The Labute approximate surface area is 140 Å². The minimum Gasteiger partial charge on any atom is -0.349 e. The molecule has 2 N–H and O–H groups in total. The molecule has 0 aliphatic carbocycles. The van der Waals surface area contributed by atoms with Crippen LogP contribution < -0.4 is 5.32 Å². The van der Waals surface area contributed by atoms with Crippen LogP contribution in [0, 0.1) is 4.77 Å². The molecule has 0 spiro atoms. The fraction of sp³-hybridized carbons (Fsp3) is 0.214. The number of nitrogens with one attached hydrogen (secondary N) is 2. The molecule has 3 aromatic rings. The number of hydrogen-bond donors (Lipinski definition) is 2. The van der Waals surface area contributed by atoms with Gasteiger partial charge in [-0.1, -0.05) is 12.1 Å². The molecule has 0 unspecified atom stereocenters. The second kappa shape index (κ2) is 6.55. The maximum Gasteiger partial charge on any atom is 0.243 e. The van der Waals surface area contributed by atoms with Crippen molar-refractivity contribution in [1.29, 1.82) is 0 Å². The molecule has 114 valence electrons. The molecule has 3 aromatic heterocycles. The van der Waals surface area contributed by atoms with Gasteiger partial charge in [0.05, 0.1) is 11.4 Å². The van der Waals surface area contributed by atoms with Crippen LogP contribution in [0.4, 0.5) is 0 Å². The summed E-state index contributed by atoms with van der Waals surface area (Å²) in [5, 5.41) is 13.9. The third kappa shape index (κ3) is 3.03. The van der Waals surface area contributed by atoms with Crippen LogP contribution in [0.15, 0.2) is 35.0 Å². The van der Waals surface area contributed by atoms with Gasteiger partial charge in [-0.2, -0.15) is 5.10 Å². The first-order chi connectivity index (χ1) is 10.7. The van der Waals surface area contributed by atoms with E-state index < -0.39 is 6.04 Å². The third-order valence-corrected chi connectivity index (χ3v) is 5.26. The zero-order chi connectivity index (χ0) is 15.5. The predicted octanol–water partition coefficient (Wildman–Crippen LogP) is 3.61. The van der Waals surface area contributed by atoms with E-state index >= 15 is 0 Å². The number of thiophene rings is 2. The van der Waals surface area contributed by atoms with Gasteiger partial charge in [0.25, 0.3) is 0 Å². The first-order valence-electron chi connectivity index (χ1n) is 6.67. The van der Waals surface area contributed by atoms with Gasteiger partial charge in [-0.25, -0.2) is 0 Å². The summed E-state index contributed by atoms with van der Waals surface area (Å²) in [6.07, 6.45) is 0. The van der Waals surface area contributed by atoms with Gasteiger partial charge in [0, 0.05) is 4.88 Å². The van der Waals surface area contributed by atoms with Crippen molar-refractivity contribution in [3.63, 3.8) is 0 Å². The zero-order valence-corrected chi connectivity index (χ0v) is 14.2. The van der Waals surface area contributed by atoms with Crippen LogP contribution in [-0.4, -0.2) is 20.7 Å². The predicted molar refractivity (Wildman–Crippen MR) is 91.6 cm³/mol. The SMILES string of the molecule is C[C@@H](C(=O)NCc1cccs1)n1c(-c2cccs2)n[nH]c1=S. The lowest BCUT2D eigenvalue weighted by atomic mass is 10.3. The quantitative estimate of drug-likeness (QED) is 0.691. The lowest BCUT2D eigenvalue weighted by Crippen LogP contribution is -2.30. The molecular weight excluding hydrogens is 336 g/mol. The summed E-state index contributed by atoms with van der Waals surface area (Å²) in [4.78, 5) is 14.5. The summed E-state index contributed by atoms with van der Waals surface area (Å²) in [7, 11) is 0. The molecule has 3 rings (SSSR count). The Hall–Kier alpha value is -1.77. The number of rotatable bonds is 5. The maximum absolute atomic E-state index is 12.4. The Kier molecular flexibility index (Phi) is 4.51. The topological polar surface area (TPSA) is 62.7 Å². The Balaban J connectivity index is 1.80. The Morgan fingerprint density at radius 3 is 2.86 bits per heavy atom. The second-order valence-corrected chi connectivity index (χ2v) is 7.04. The highest BCUT2D eigenvalue weighted by Crippen LogP contribution is 2.25. The third-order valence-electron chi connectivity index (χ3n) is 3.23. The van der Waals surface area contributed by atoms with Gasteiger partial charge in [-0.05, 0) is 42.0 Å². The van der Waals surface area contributed by atoms with E-state index in [2.05, 4.69) is 15.5 Å². The fourth-order valence-corrected chi connectivity index (χ4v) is 3.74. The van der Waals surface area contributed by atoms with Gasteiger partial charge < -0.3 is 5.32 Å². The van der Waals surface area contributed by atoms with E-state index in [-0.39, 0.29) is 5.91 Å². The molecule has 5 nitrogen and oxygen atoms in total. The molecule has 0 saturated heterocycles. The van der Waals surface area contributed by atoms with Crippen LogP contribution in [0.1, 0.15) is 17.8 Å². The molecule has 8 heteroatoms. The van der Waals surface area contributed by atoms with Gasteiger partial charge in [0.2, 0.25) is 5.91 Å². The molecule has 1 atom stereocenters. The molecule has 0 bridgehead atoms. The summed E-state index contributed by atoms with van der Waals surface area (Å²) in [5.74, 6) is 0.613. The minimum absolute atomic E-state index is 0.0799. The first-order valence-corrected chi connectivity index (χ1v) is 8.84. The molecule has 0 saturated carbocycles. The highest BCUT2D eigenvalue weighted by molar-refractivity contribution is 7.71. The van der Waals surface area contributed by atoms with E-state index in [0.717, 1.165) is 9.75 Å². The lowest BCUT2D eigenvalue weighted by molar-refractivity contribution is -0.124. The van der Waals surface area contributed by atoms with Crippen molar-refractivity contribution in [2.45, 2.75) is 19.5 Å². The fourth-order valence-electron chi connectivity index (χ4n) is 2.10. The number of amides is 1.